The van der Waals surface area contributed by atoms with E-state index in [2.05, 4.69) is 48.5 Å². The Balaban J connectivity index is 0.000000750. The monoisotopic (exact) mass is 230 g/mol. The Morgan fingerprint density at radius 1 is 0.643 bits per heavy atom. The third-order valence-electron chi connectivity index (χ3n) is 2.71. The van der Waals surface area contributed by atoms with Gasteiger partial charge in [-0.05, 0) is 28.7 Å². The van der Waals surface area contributed by atoms with Crippen LogP contribution in [-0.4, -0.2) is 0 Å². The molecule has 1 aliphatic rings. The van der Waals surface area contributed by atoms with Crippen LogP contribution in [0.3, 0.4) is 0 Å². The van der Waals surface area contributed by atoms with Crippen molar-refractivity contribution in [1.82, 2.24) is 0 Å². The third-order valence-corrected chi connectivity index (χ3v) is 2.71. The summed E-state index contributed by atoms with van der Waals surface area (Å²) in [4.78, 5) is 0. The Labute approximate surface area is 96.7 Å². The van der Waals surface area contributed by atoms with Crippen molar-refractivity contribution in [2.24, 2.45) is 0 Å². The Hall–Kier alpha value is -0.937. The first-order valence-corrected chi connectivity index (χ1v) is 4.61. The fourth-order valence-corrected chi connectivity index (χ4v) is 2.08. The van der Waals surface area contributed by atoms with Gasteiger partial charge in [-0.2, -0.15) is 0 Å². The minimum absolute atomic E-state index is 0. The molecule has 0 bridgehead atoms. The summed E-state index contributed by atoms with van der Waals surface area (Å²) in [6, 6.07) is 17.3. The second-order valence-corrected chi connectivity index (χ2v) is 3.49. The molecule has 2 aromatic carbocycles. The van der Waals surface area contributed by atoms with Crippen LogP contribution in [0.5, 0.6) is 0 Å². The molecule has 0 saturated heterocycles. The molecule has 0 nitrogen and oxygen atoms in total. The van der Waals surface area contributed by atoms with Crippen molar-refractivity contribution >= 4 is 0 Å². The smallest absolute Gasteiger partial charge is 0 e. The van der Waals surface area contributed by atoms with Crippen LogP contribution in [0.4, 0.5) is 0 Å². The standard InChI is InChI=1S/C13H10.Zn/c1-3-7-12-10(5-1)9-11-6-2-4-8-13(11)12;/h1-8H,9H2;. The molecule has 1 aliphatic carbocycles. The number of hydrogen-bond donors (Lipinski definition) is 0. The Morgan fingerprint density at radius 2 is 1.07 bits per heavy atom. The fourth-order valence-electron chi connectivity index (χ4n) is 2.08. The predicted molar refractivity (Wildman–Crippen MR) is 54.7 cm³/mol. The molecule has 0 spiro atoms. The first-order valence-electron chi connectivity index (χ1n) is 4.61. The third kappa shape index (κ3) is 1.33. The maximum atomic E-state index is 2.22. The summed E-state index contributed by atoms with van der Waals surface area (Å²) < 4.78 is 0. The van der Waals surface area contributed by atoms with Crippen molar-refractivity contribution in [3.63, 3.8) is 0 Å². The minimum atomic E-state index is 0. The SMILES string of the molecule is [Zn].c1ccc2c(c1)Cc1ccccc1-2. The van der Waals surface area contributed by atoms with Gasteiger partial charge in [-0.3, -0.25) is 0 Å². The molecular formula is C13H10Zn. The predicted octanol–water partition coefficient (Wildman–Crippen LogP) is 3.26. The summed E-state index contributed by atoms with van der Waals surface area (Å²) in [5.74, 6) is 0. The van der Waals surface area contributed by atoms with Gasteiger partial charge in [-0.25, -0.2) is 0 Å². The number of fused-ring (bicyclic) bond motifs is 3. The van der Waals surface area contributed by atoms with Crippen LogP contribution in [0, 0.1) is 0 Å². The summed E-state index contributed by atoms with van der Waals surface area (Å²) in [6.07, 6.45) is 1.10. The molecule has 0 unspecified atom stereocenters. The topological polar surface area (TPSA) is 0 Å². The van der Waals surface area contributed by atoms with Gasteiger partial charge in [0.1, 0.15) is 0 Å². The van der Waals surface area contributed by atoms with Crippen LogP contribution in [0.1, 0.15) is 11.1 Å². The maximum absolute atomic E-state index is 2.22. The van der Waals surface area contributed by atoms with E-state index in [1.807, 2.05) is 0 Å². The molecule has 0 radical (unpaired) electrons. The minimum Gasteiger partial charge on any atom is -0.0619 e. The normalized spacial score (nSPS) is 11.4. The van der Waals surface area contributed by atoms with Gasteiger partial charge in [0.05, 0.1) is 0 Å². The van der Waals surface area contributed by atoms with Gasteiger partial charge in [0, 0.05) is 19.5 Å². The zero-order valence-corrected chi connectivity index (χ0v) is 11.0. The molecule has 64 valence electrons. The first-order chi connectivity index (χ1) is 6.45. The summed E-state index contributed by atoms with van der Waals surface area (Å²) >= 11 is 0. The van der Waals surface area contributed by atoms with Crippen LogP contribution in [0.25, 0.3) is 11.1 Å². The second kappa shape index (κ2) is 3.67. The van der Waals surface area contributed by atoms with Crippen molar-refractivity contribution in [2.75, 3.05) is 0 Å². The first kappa shape index (κ1) is 9.61. The van der Waals surface area contributed by atoms with E-state index >= 15 is 0 Å². The molecule has 14 heavy (non-hydrogen) atoms. The molecule has 0 aromatic heterocycles. The van der Waals surface area contributed by atoms with E-state index in [1.54, 1.807) is 0 Å². The number of hydrogen-bond acceptors (Lipinski definition) is 0. The van der Waals surface area contributed by atoms with E-state index in [-0.39, 0.29) is 19.5 Å². The van der Waals surface area contributed by atoms with Crippen LogP contribution in [0.15, 0.2) is 48.5 Å². The van der Waals surface area contributed by atoms with E-state index in [4.69, 9.17) is 0 Å². The van der Waals surface area contributed by atoms with E-state index < -0.39 is 0 Å². The maximum Gasteiger partial charge on any atom is 0 e. The molecular weight excluding hydrogens is 222 g/mol. The van der Waals surface area contributed by atoms with Gasteiger partial charge in [-0.1, -0.05) is 48.5 Å². The van der Waals surface area contributed by atoms with Crippen molar-refractivity contribution in [3.8, 4) is 11.1 Å². The van der Waals surface area contributed by atoms with Gasteiger partial charge in [0.25, 0.3) is 0 Å². The van der Waals surface area contributed by atoms with Crippen LogP contribution < -0.4 is 0 Å². The van der Waals surface area contributed by atoms with Crippen molar-refractivity contribution in [3.05, 3.63) is 59.7 Å². The van der Waals surface area contributed by atoms with Crippen LogP contribution >= 0.6 is 0 Å². The fraction of sp³-hybridized carbons (Fsp3) is 0.0769. The zero-order valence-electron chi connectivity index (χ0n) is 8.03. The van der Waals surface area contributed by atoms with Crippen molar-refractivity contribution < 1.29 is 19.5 Å². The van der Waals surface area contributed by atoms with Gasteiger partial charge >= 0.3 is 0 Å². The van der Waals surface area contributed by atoms with Gasteiger partial charge in [0.15, 0.2) is 0 Å². The molecule has 0 aliphatic heterocycles. The molecule has 0 N–H and O–H groups in total. The number of benzene rings is 2. The molecule has 1 heteroatoms. The Morgan fingerprint density at radius 3 is 1.57 bits per heavy atom. The quantitative estimate of drug-likeness (QED) is 0.521. The number of rotatable bonds is 0. The Kier molecular flexibility index (Phi) is 2.52. The average molecular weight is 232 g/mol. The zero-order chi connectivity index (χ0) is 8.67. The molecule has 0 fully saturated rings. The summed E-state index contributed by atoms with van der Waals surface area (Å²) in [5, 5.41) is 0. The summed E-state index contributed by atoms with van der Waals surface area (Å²) in [6.45, 7) is 0. The van der Waals surface area contributed by atoms with Crippen LogP contribution in [-0.2, 0) is 25.9 Å². The van der Waals surface area contributed by atoms with E-state index in [1.165, 1.54) is 22.3 Å². The Bertz CT molecular complexity index is 417. The van der Waals surface area contributed by atoms with Crippen molar-refractivity contribution in [1.29, 1.82) is 0 Å². The molecule has 0 amide bonds. The molecule has 2 aromatic rings. The van der Waals surface area contributed by atoms with Gasteiger partial charge < -0.3 is 0 Å². The average Bonchev–Trinajstić information content (AvgIpc) is 2.56. The molecule has 0 heterocycles. The van der Waals surface area contributed by atoms with Gasteiger partial charge in [-0.15, -0.1) is 0 Å². The van der Waals surface area contributed by atoms with E-state index in [0.717, 1.165) is 6.42 Å². The molecule has 0 saturated carbocycles. The van der Waals surface area contributed by atoms with E-state index in [0.29, 0.717) is 0 Å². The summed E-state index contributed by atoms with van der Waals surface area (Å²) in [5.41, 5.74) is 5.75. The largest absolute Gasteiger partial charge is 0.0619 e. The van der Waals surface area contributed by atoms with E-state index in [9.17, 15) is 0 Å². The van der Waals surface area contributed by atoms with Crippen LogP contribution in [0.2, 0.25) is 0 Å². The van der Waals surface area contributed by atoms with Crippen molar-refractivity contribution in [2.45, 2.75) is 6.42 Å². The second-order valence-electron chi connectivity index (χ2n) is 3.49. The summed E-state index contributed by atoms with van der Waals surface area (Å²) in [7, 11) is 0. The van der Waals surface area contributed by atoms with Gasteiger partial charge in [0.2, 0.25) is 0 Å². The molecule has 3 rings (SSSR count). The molecule has 0 atom stereocenters.